The van der Waals surface area contributed by atoms with Gasteiger partial charge in [0.1, 0.15) is 0 Å². The predicted molar refractivity (Wildman–Crippen MR) is 53.8 cm³/mol. The molecule has 0 bridgehead atoms. The maximum atomic E-state index is 9.01. The Balaban J connectivity index is 2.42. The highest BCUT2D eigenvalue weighted by Gasteiger charge is 2.17. The number of guanidine groups is 1. The van der Waals surface area contributed by atoms with Gasteiger partial charge in [-0.3, -0.25) is 4.99 Å². The quantitative estimate of drug-likeness (QED) is 0.650. The van der Waals surface area contributed by atoms with Crippen LogP contribution in [-0.4, -0.2) is 48.2 Å². The molecule has 1 atom stereocenters. The van der Waals surface area contributed by atoms with Crippen molar-refractivity contribution < 1.29 is 5.11 Å². The Bertz CT molecular complexity index is 178. The van der Waals surface area contributed by atoms with Crippen molar-refractivity contribution in [2.45, 2.75) is 26.3 Å². The van der Waals surface area contributed by atoms with Crippen molar-refractivity contribution in [2.75, 3.05) is 26.2 Å². The molecule has 0 radical (unpaired) electrons. The molecule has 4 nitrogen and oxygen atoms in total. The molecule has 4 heteroatoms. The van der Waals surface area contributed by atoms with Gasteiger partial charge in [-0.1, -0.05) is 6.92 Å². The zero-order valence-corrected chi connectivity index (χ0v) is 8.45. The maximum Gasteiger partial charge on any atom is 0.194 e. The Labute approximate surface area is 79.7 Å². The standard InChI is InChI=1S/C9H19N3O/c1-3-8(7-13)11-9-10-5-6-12(9)4-2/h8,13H,3-7H2,1-2H3,(H,10,11). The minimum atomic E-state index is 0.144. The van der Waals surface area contributed by atoms with E-state index in [1.165, 1.54) is 0 Å². The van der Waals surface area contributed by atoms with Crippen LogP contribution in [0, 0.1) is 0 Å². The molecule has 0 saturated heterocycles. The molecule has 13 heavy (non-hydrogen) atoms. The van der Waals surface area contributed by atoms with Gasteiger partial charge in [-0.2, -0.15) is 0 Å². The SMILES string of the molecule is CCC(CO)NC1=NCCN1CC. The molecule has 0 spiro atoms. The van der Waals surface area contributed by atoms with Gasteiger partial charge in [-0.25, -0.2) is 0 Å². The van der Waals surface area contributed by atoms with Crippen LogP contribution in [0.4, 0.5) is 0 Å². The Morgan fingerprint density at radius 1 is 1.62 bits per heavy atom. The first-order chi connectivity index (χ1) is 6.31. The summed E-state index contributed by atoms with van der Waals surface area (Å²) in [7, 11) is 0. The van der Waals surface area contributed by atoms with Gasteiger partial charge in [0, 0.05) is 13.1 Å². The highest BCUT2D eigenvalue weighted by molar-refractivity contribution is 5.81. The van der Waals surface area contributed by atoms with Crippen molar-refractivity contribution in [1.29, 1.82) is 0 Å². The van der Waals surface area contributed by atoms with Crippen molar-refractivity contribution in [3.8, 4) is 0 Å². The number of aliphatic imine (C=N–C) groups is 1. The van der Waals surface area contributed by atoms with Gasteiger partial charge in [0.05, 0.1) is 19.2 Å². The third-order valence-electron chi connectivity index (χ3n) is 2.36. The van der Waals surface area contributed by atoms with Gasteiger partial charge >= 0.3 is 0 Å². The molecule has 0 aromatic rings. The van der Waals surface area contributed by atoms with E-state index in [2.05, 4.69) is 29.1 Å². The lowest BCUT2D eigenvalue weighted by Crippen LogP contribution is -2.44. The summed E-state index contributed by atoms with van der Waals surface area (Å²) in [6.07, 6.45) is 0.924. The molecule has 0 aromatic heterocycles. The van der Waals surface area contributed by atoms with Crippen molar-refractivity contribution >= 4 is 5.96 Å². The fraction of sp³-hybridized carbons (Fsp3) is 0.889. The fourth-order valence-corrected chi connectivity index (χ4v) is 1.39. The lowest BCUT2D eigenvalue weighted by Gasteiger charge is -2.22. The first kappa shape index (κ1) is 10.3. The molecule has 0 aromatic carbocycles. The van der Waals surface area contributed by atoms with Crippen LogP contribution in [0.15, 0.2) is 4.99 Å². The van der Waals surface area contributed by atoms with Gasteiger partial charge in [0.15, 0.2) is 5.96 Å². The smallest absolute Gasteiger partial charge is 0.194 e. The zero-order valence-electron chi connectivity index (χ0n) is 8.45. The van der Waals surface area contributed by atoms with Gasteiger partial charge in [0.2, 0.25) is 0 Å². The molecule has 1 aliphatic rings. The van der Waals surface area contributed by atoms with E-state index in [0.717, 1.165) is 32.0 Å². The van der Waals surface area contributed by atoms with Gasteiger partial charge < -0.3 is 15.3 Å². The van der Waals surface area contributed by atoms with Crippen molar-refractivity contribution in [2.24, 2.45) is 4.99 Å². The van der Waals surface area contributed by atoms with Gasteiger partial charge in [-0.05, 0) is 13.3 Å². The number of aliphatic hydroxyl groups excluding tert-OH is 1. The number of hydrogen-bond acceptors (Lipinski definition) is 4. The number of likely N-dealkylation sites (N-methyl/N-ethyl adjacent to an activating group) is 1. The van der Waals surface area contributed by atoms with Crippen molar-refractivity contribution in [3.05, 3.63) is 0 Å². The van der Waals surface area contributed by atoms with Crippen LogP contribution in [0.5, 0.6) is 0 Å². The molecule has 1 heterocycles. The Hall–Kier alpha value is -0.770. The third-order valence-corrected chi connectivity index (χ3v) is 2.36. The lowest BCUT2D eigenvalue weighted by molar-refractivity contribution is 0.249. The van der Waals surface area contributed by atoms with Crippen LogP contribution in [0.2, 0.25) is 0 Å². The van der Waals surface area contributed by atoms with Crippen molar-refractivity contribution in [3.63, 3.8) is 0 Å². The van der Waals surface area contributed by atoms with E-state index in [1.54, 1.807) is 0 Å². The number of nitrogens with one attached hydrogen (secondary N) is 1. The molecular weight excluding hydrogens is 166 g/mol. The second kappa shape index (κ2) is 5.07. The normalized spacial score (nSPS) is 18.7. The summed E-state index contributed by atoms with van der Waals surface area (Å²) in [6.45, 7) is 7.20. The van der Waals surface area contributed by atoms with E-state index < -0.39 is 0 Å². The van der Waals surface area contributed by atoms with E-state index >= 15 is 0 Å². The molecule has 0 aliphatic carbocycles. The molecule has 0 saturated carbocycles. The maximum absolute atomic E-state index is 9.01. The van der Waals surface area contributed by atoms with Crippen LogP contribution < -0.4 is 5.32 Å². The molecule has 2 N–H and O–H groups in total. The summed E-state index contributed by atoms with van der Waals surface area (Å²) >= 11 is 0. The lowest BCUT2D eigenvalue weighted by atomic mass is 10.2. The van der Waals surface area contributed by atoms with Crippen LogP contribution in [0.1, 0.15) is 20.3 Å². The van der Waals surface area contributed by atoms with Crippen molar-refractivity contribution in [1.82, 2.24) is 10.2 Å². The summed E-state index contributed by atoms with van der Waals surface area (Å²) in [6, 6.07) is 0.144. The fourth-order valence-electron chi connectivity index (χ4n) is 1.39. The monoisotopic (exact) mass is 185 g/mol. The highest BCUT2D eigenvalue weighted by Crippen LogP contribution is 2.00. The first-order valence-corrected chi connectivity index (χ1v) is 4.98. The largest absolute Gasteiger partial charge is 0.394 e. The second-order valence-corrected chi connectivity index (χ2v) is 3.22. The summed E-state index contributed by atoms with van der Waals surface area (Å²) in [4.78, 5) is 6.54. The molecule has 0 amide bonds. The average molecular weight is 185 g/mol. The molecule has 1 unspecified atom stereocenters. The van der Waals surface area contributed by atoms with E-state index in [-0.39, 0.29) is 12.6 Å². The van der Waals surface area contributed by atoms with Gasteiger partial charge in [0.25, 0.3) is 0 Å². The Morgan fingerprint density at radius 3 is 2.92 bits per heavy atom. The van der Waals surface area contributed by atoms with Crippen LogP contribution >= 0.6 is 0 Å². The predicted octanol–water partition coefficient (Wildman–Crippen LogP) is 0.0384. The first-order valence-electron chi connectivity index (χ1n) is 4.98. The Kier molecular flexibility index (Phi) is 4.02. The topological polar surface area (TPSA) is 47.9 Å². The molecular formula is C9H19N3O. The minimum Gasteiger partial charge on any atom is -0.394 e. The van der Waals surface area contributed by atoms with E-state index in [0.29, 0.717) is 0 Å². The third kappa shape index (κ3) is 2.59. The van der Waals surface area contributed by atoms with Crippen LogP contribution in [-0.2, 0) is 0 Å². The number of rotatable bonds is 4. The van der Waals surface area contributed by atoms with E-state index in [9.17, 15) is 0 Å². The molecule has 76 valence electrons. The number of nitrogens with zero attached hydrogens (tertiary/aromatic N) is 2. The summed E-state index contributed by atoms with van der Waals surface area (Å²) in [5.74, 6) is 0.948. The molecule has 0 fully saturated rings. The molecule has 1 rings (SSSR count). The average Bonchev–Trinajstić information content (AvgIpc) is 2.61. The second-order valence-electron chi connectivity index (χ2n) is 3.22. The minimum absolute atomic E-state index is 0.144. The van der Waals surface area contributed by atoms with Gasteiger partial charge in [-0.15, -0.1) is 0 Å². The van der Waals surface area contributed by atoms with E-state index in [1.807, 2.05) is 0 Å². The zero-order chi connectivity index (χ0) is 9.68. The van der Waals surface area contributed by atoms with Crippen LogP contribution in [0.3, 0.4) is 0 Å². The number of hydrogen-bond donors (Lipinski definition) is 2. The summed E-state index contributed by atoms with van der Waals surface area (Å²) < 4.78 is 0. The Morgan fingerprint density at radius 2 is 2.38 bits per heavy atom. The highest BCUT2D eigenvalue weighted by atomic mass is 16.3. The number of aliphatic hydroxyl groups is 1. The summed E-state index contributed by atoms with van der Waals surface area (Å²) in [5.41, 5.74) is 0. The summed E-state index contributed by atoms with van der Waals surface area (Å²) in [5, 5.41) is 12.3. The van der Waals surface area contributed by atoms with E-state index in [4.69, 9.17) is 5.11 Å². The van der Waals surface area contributed by atoms with Crippen LogP contribution in [0.25, 0.3) is 0 Å². The molecule has 1 aliphatic heterocycles.